The molecule has 1 atom stereocenters. The SMILES string of the molecule is CC(C)n1cc(CN2Cc3ccnn3[C@H](CNC(=O)N3CCCC3)C2)cn1. The lowest BCUT2D eigenvalue weighted by Gasteiger charge is -2.34. The van der Waals surface area contributed by atoms with Crippen LogP contribution in [0, 0.1) is 0 Å². The number of nitrogens with one attached hydrogen (secondary N) is 1. The van der Waals surface area contributed by atoms with Crippen molar-refractivity contribution in [1.29, 1.82) is 0 Å². The van der Waals surface area contributed by atoms with Gasteiger partial charge in [-0.15, -0.1) is 0 Å². The number of fused-ring (bicyclic) bond motifs is 1. The third-order valence-corrected chi connectivity index (χ3v) is 5.43. The molecule has 2 aromatic heterocycles. The molecule has 0 spiro atoms. The van der Waals surface area contributed by atoms with Crippen LogP contribution in [0.4, 0.5) is 4.79 Å². The predicted octanol–water partition coefficient (Wildman–Crippen LogP) is 2.02. The number of hydrogen-bond donors (Lipinski definition) is 1. The summed E-state index contributed by atoms with van der Waals surface area (Å²) in [6.45, 7) is 9.20. The summed E-state index contributed by atoms with van der Waals surface area (Å²) in [6, 6.07) is 2.64. The average molecular weight is 371 g/mol. The molecule has 0 bridgehead atoms. The van der Waals surface area contributed by atoms with E-state index in [1.807, 2.05) is 22.0 Å². The highest BCUT2D eigenvalue weighted by atomic mass is 16.2. The van der Waals surface area contributed by atoms with Gasteiger partial charge in [-0.05, 0) is 32.8 Å². The van der Waals surface area contributed by atoms with Crippen LogP contribution in [0.15, 0.2) is 24.7 Å². The molecule has 1 N–H and O–H groups in total. The molecule has 0 unspecified atom stereocenters. The van der Waals surface area contributed by atoms with Gasteiger partial charge in [0, 0.05) is 63.3 Å². The molecule has 0 aliphatic carbocycles. The summed E-state index contributed by atoms with van der Waals surface area (Å²) in [7, 11) is 0. The monoisotopic (exact) mass is 371 g/mol. The van der Waals surface area contributed by atoms with Crippen LogP contribution < -0.4 is 5.32 Å². The van der Waals surface area contributed by atoms with Crippen LogP contribution in [0.1, 0.15) is 50.0 Å². The predicted molar refractivity (Wildman–Crippen MR) is 102 cm³/mol. The van der Waals surface area contributed by atoms with E-state index in [0.29, 0.717) is 12.6 Å². The van der Waals surface area contributed by atoms with Crippen molar-refractivity contribution in [3.63, 3.8) is 0 Å². The average Bonchev–Trinajstić information content (AvgIpc) is 3.39. The number of nitrogens with zero attached hydrogens (tertiary/aromatic N) is 6. The molecule has 2 aliphatic rings. The zero-order valence-electron chi connectivity index (χ0n) is 16.2. The molecule has 1 saturated heterocycles. The quantitative estimate of drug-likeness (QED) is 0.873. The lowest BCUT2D eigenvalue weighted by molar-refractivity contribution is 0.161. The van der Waals surface area contributed by atoms with Crippen molar-refractivity contribution in [3.05, 3.63) is 35.9 Å². The van der Waals surface area contributed by atoms with Crippen LogP contribution in [0.5, 0.6) is 0 Å². The number of hydrogen-bond acceptors (Lipinski definition) is 4. The fourth-order valence-electron chi connectivity index (χ4n) is 3.97. The number of carbonyl (C=O) groups excluding carboxylic acids is 1. The van der Waals surface area contributed by atoms with Crippen molar-refractivity contribution < 1.29 is 4.79 Å². The Balaban J connectivity index is 1.40. The molecule has 8 heteroatoms. The van der Waals surface area contributed by atoms with Gasteiger partial charge in [0.2, 0.25) is 0 Å². The minimum atomic E-state index is 0.0524. The van der Waals surface area contributed by atoms with Gasteiger partial charge in [0.25, 0.3) is 0 Å². The fourth-order valence-corrected chi connectivity index (χ4v) is 3.97. The van der Waals surface area contributed by atoms with Crippen LogP contribution in [-0.2, 0) is 13.1 Å². The van der Waals surface area contributed by atoms with Crippen LogP contribution >= 0.6 is 0 Å². The number of carbonyl (C=O) groups is 1. The molecule has 0 aromatic carbocycles. The lowest BCUT2D eigenvalue weighted by Crippen LogP contribution is -2.45. The number of amides is 2. The van der Waals surface area contributed by atoms with Crippen molar-refractivity contribution in [2.45, 2.75) is 51.9 Å². The minimum absolute atomic E-state index is 0.0524. The van der Waals surface area contributed by atoms with Crippen molar-refractivity contribution in [2.24, 2.45) is 0 Å². The molecule has 2 aromatic rings. The fraction of sp³-hybridized carbons (Fsp3) is 0.632. The van der Waals surface area contributed by atoms with E-state index < -0.39 is 0 Å². The second kappa shape index (κ2) is 7.72. The minimum Gasteiger partial charge on any atom is -0.336 e. The molecule has 0 radical (unpaired) electrons. The van der Waals surface area contributed by atoms with Crippen LogP contribution in [0.3, 0.4) is 0 Å². The Bertz CT molecular complexity index is 775. The number of urea groups is 1. The van der Waals surface area contributed by atoms with Gasteiger partial charge in [-0.2, -0.15) is 10.2 Å². The third-order valence-electron chi connectivity index (χ3n) is 5.43. The summed E-state index contributed by atoms with van der Waals surface area (Å²) in [4.78, 5) is 16.7. The van der Waals surface area contributed by atoms with Gasteiger partial charge >= 0.3 is 6.03 Å². The molecule has 4 heterocycles. The second-order valence-corrected chi connectivity index (χ2v) is 7.89. The van der Waals surface area contributed by atoms with E-state index >= 15 is 0 Å². The molecule has 8 nitrogen and oxygen atoms in total. The number of aromatic nitrogens is 4. The van der Waals surface area contributed by atoms with Crippen molar-refractivity contribution in [3.8, 4) is 0 Å². The molecule has 27 heavy (non-hydrogen) atoms. The van der Waals surface area contributed by atoms with Gasteiger partial charge in [0.05, 0.1) is 17.9 Å². The second-order valence-electron chi connectivity index (χ2n) is 7.89. The van der Waals surface area contributed by atoms with E-state index in [2.05, 4.69) is 51.2 Å². The first kappa shape index (κ1) is 18.0. The van der Waals surface area contributed by atoms with Crippen molar-refractivity contribution in [1.82, 2.24) is 34.7 Å². The highest BCUT2D eigenvalue weighted by Gasteiger charge is 2.27. The molecular formula is C19H29N7O. The maximum absolute atomic E-state index is 12.3. The van der Waals surface area contributed by atoms with Gasteiger partial charge < -0.3 is 10.2 Å². The Morgan fingerprint density at radius 3 is 2.85 bits per heavy atom. The van der Waals surface area contributed by atoms with E-state index in [4.69, 9.17) is 0 Å². The summed E-state index contributed by atoms with van der Waals surface area (Å²) in [6.07, 6.45) is 8.15. The lowest BCUT2D eigenvalue weighted by atomic mass is 10.1. The first-order valence-corrected chi connectivity index (χ1v) is 9.90. The first-order valence-electron chi connectivity index (χ1n) is 9.90. The summed E-state index contributed by atoms with van der Waals surface area (Å²) in [5.74, 6) is 0. The first-order chi connectivity index (χ1) is 13.1. The van der Waals surface area contributed by atoms with Crippen LogP contribution in [0.25, 0.3) is 0 Å². The third kappa shape index (κ3) is 4.00. The smallest absolute Gasteiger partial charge is 0.317 e. The number of likely N-dealkylation sites (tertiary alicyclic amines) is 1. The van der Waals surface area contributed by atoms with Gasteiger partial charge in [0.1, 0.15) is 0 Å². The van der Waals surface area contributed by atoms with Gasteiger partial charge in [-0.3, -0.25) is 14.3 Å². The Hall–Kier alpha value is -2.35. The Labute approximate surface area is 160 Å². The highest BCUT2D eigenvalue weighted by molar-refractivity contribution is 5.74. The van der Waals surface area contributed by atoms with Crippen molar-refractivity contribution in [2.75, 3.05) is 26.2 Å². The Kier molecular flexibility index (Phi) is 5.15. The topological polar surface area (TPSA) is 71.2 Å². The van der Waals surface area contributed by atoms with E-state index in [1.54, 1.807) is 0 Å². The van der Waals surface area contributed by atoms with Gasteiger partial charge in [0.15, 0.2) is 0 Å². The summed E-state index contributed by atoms with van der Waals surface area (Å²) in [5, 5.41) is 12.1. The van der Waals surface area contributed by atoms with Crippen molar-refractivity contribution >= 4 is 6.03 Å². The largest absolute Gasteiger partial charge is 0.336 e. The standard InChI is InChI=1S/C19H29N7O/c1-15(2)25-12-16(9-22-25)11-23-13-17-5-6-21-26(17)18(14-23)10-20-19(27)24-7-3-4-8-24/h5-6,9,12,15,18H,3-4,7-8,10-11,13-14H2,1-2H3,(H,20,27)/t18-/m1/s1. The number of rotatable bonds is 5. The molecule has 0 saturated carbocycles. The van der Waals surface area contributed by atoms with E-state index in [9.17, 15) is 4.79 Å². The molecular weight excluding hydrogens is 342 g/mol. The molecule has 1 fully saturated rings. The van der Waals surface area contributed by atoms with E-state index in [0.717, 1.165) is 45.6 Å². The van der Waals surface area contributed by atoms with E-state index in [-0.39, 0.29) is 12.1 Å². The van der Waals surface area contributed by atoms with Gasteiger partial charge in [-0.1, -0.05) is 0 Å². The summed E-state index contributed by atoms with van der Waals surface area (Å²) >= 11 is 0. The zero-order chi connectivity index (χ0) is 18.8. The Morgan fingerprint density at radius 1 is 1.30 bits per heavy atom. The van der Waals surface area contributed by atoms with Crippen LogP contribution in [0.2, 0.25) is 0 Å². The maximum atomic E-state index is 12.3. The highest BCUT2D eigenvalue weighted by Crippen LogP contribution is 2.22. The molecule has 4 rings (SSSR count). The zero-order valence-corrected chi connectivity index (χ0v) is 16.2. The van der Waals surface area contributed by atoms with Crippen LogP contribution in [-0.4, -0.2) is 61.6 Å². The molecule has 2 aliphatic heterocycles. The van der Waals surface area contributed by atoms with Gasteiger partial charge in [-0.25, -0.2) is 4.79 Å². The normalized spacial score (nSPS) is 20.3. The molecule has 2 amide bonds. The maximum Gasteiger partial charge on any atom is 0.317 e. The summed E-state index contributed by atoms with van der Waals surface area (Å²) in [5.41, 5.74) is 2.41. The Morgan fingerprint density at radius 2 is 2.11 bits per heavy atom. The molecule has 146 valence electrons. The summed E-state index contributed by atoms with van der Waals surface area (Å²) < 4.78 is 4.07. The van der Waals surface area contributed by atoms with E-state index in [1.165, 1.54) is 11.3 Å².